The molecule has 0 unspecified atom stereocenters. The Balaban J connectivity index is 1.76. The number of nitrogens with two attached hydrogens (primary N) is 1. The molecular weight excluding hydrogens is 311 g/mol. The first-order valence-electron chi connectivity index (χ1n) is 9.38. The fourth-order valence-electron chi connectivity index (χ4n) is 3.41. The van der Waals surface area contributed by atoms with Gasteiger partial charge in [0.1, 0.15) is 0 Å². The van der Waals surface area contributed by atoms with E-state index in [1.54, 1.807) is 0 Å². The van der Waals surface area contributed by atoms with Crippen LogP contribution >= 0.6 is 0 Å². The van der Waals surface area contributed by atoms with Gasteiger partial charge in [-0.05, 0) is 70.2 Å². The summed E-state index contributed by atoms with van der Waals surface area (Å²) in [5.41, 5.74) is 8.81. The number of nitrogens with zero attached hydrogens (tertiary/aromatic N) is 1. The van der Waals surface area contributed by atoms with Crippen LogP contribution in [0, 0.1) is 0 Å². The van der Waals surface area contributed by atoms with Gasteiger partial charge < -0.3 is 15.0 Å². The molecule has 1 aromatic rings. The van der Waals surface area contributed by atoms with Gasteiger partial charge in [-0.2, -0.15) is 0 Å². The van der Waals surface area contributed by atoms with Gasteiger partial charge in [-0.1, -0.05) is 30.3 Å². The summed E-state index contributed by atoms with van der Waals surface area (Å²) in [7, 11) is -0.378. The van der Waals surface area contributed by atoms with Crippen molar-refractivity contribution >= 4 is 13.2 Å². The molecule has 0 atom stereocenters. The van der Waals surface area contributed by atoms with Crippen LogP contribution in [0.5, 0.6) is 0 Å². The van der Waals surface area contributed by atoms with Crippen molar-refractivity contribution in [1.82, 2.24) is 4.90 Å². The van der Waals surface area contributed by atoms with E-state index in [2.05, 4.69) is 62.9 Å². The molecule has 4 nitrogen and oxygen atoms in total. The highest BCUT2D eigenvalue weighted by molar-refractivity contribution is 6.55. The molecule has 0 aromatic heterocycles. The van der Waals surface area contributed by atoms with E-state index in [4.69, 9.17) is 15.0 Å². The predicted molar refractivity (Wildman–Crippen MR) is 104 cm³/mol. The van der Waals surface area contributed by atoms with Crippen LogP contribution < -0.4 is 5.73 Å². The third-order valence-corrected chi connectivity index (χ3v) is 5.70. The first kappa shape index (κ1) is 18.6. The van der Waals surface area contributed by atoms with E-state index in [0.717, 1.165) is 17.6 Å². The van der Waals surface area contributed by atoms with Gasteiger partial charge in [-0.25, -0.2) is 0 Å². The number of hydrogen-bond acceptors (Lipinski definition) is 4. The molecule has 2 saturated heterocycles. The van der Waals surface area contributed by atoms with Crippen LogP contribution in [-0.2, 0) is 15.9 Å². The lowest BCUT2D eigenvalue weighted by Gasteiger charge is -2.32. The van der Waals surface area contributed by atoms with Crippen molar-refractivity contribution in [3.8, 4) is 0 Å². The summed E-state index contributed by atoms with van der Waals surface area (Å²) in [5, 5.41) is 0. The lowest BCUT2D eigenvalue weighted by Crippen LogP contribution is -2.41. The van der Waals surface area contributed by atoms with E-state index in [1.165, 1.54) is 31.5 Å². The SMILES string of the molecule is CC1(C)OB(C(=Cc2cccc(CN3CCCC3)c2)CN)OC1(C)C. The molecule has 3 rings (SSSR count). The highest BCUT2D eigenvalue weighted by Gasteiger charge is 2.52. The number of likely N-dealkylation sites (tertiary alicyclic amines) is 1. The van der Waals surface area contributed by atoms with Crippen molar-refractivity contribution < 1.29 is 9.31 Å². The third-order valence-electron chi connectivity index (χ3n) is 5.70. The smallest absolute Gasteiger partial charge is 0.400 e. The number of rotatable bonds is 5. The Kier molecular flexibility index (Phi) is 5.40. The van der Waals surface area contributed by atoms with Crippen LogP contribution in [0.4, 0.5) is 0 Å². The number of hydrogen-bond donors (Lipinski definition) is 1. The molecule has 136 valence electrons. The molecule has 1 aromatic carbocycles. The zero-order chi connectivity index (χ0) is 18.1. The molecule has 2 heterocycles. The Morgan fingerprint density at radius 1 is 1.16 bits per heavy atom. The number of benzene rings is 1. The Hall–Kier alpha value is -1.14. The molecule has 0 spiro atoms. The highest BCUT2D eigenvalue weighted by atomic mass is 16.7. The molecule has 2 fully saturated rings. The van der Waals surface area contributed by atoms with Crippen LogP contribution in [0.1, 0.15) is 51.7 Å². The average molecular weight is 342 g/mol. The summed E-state index contributed by atoms with van der Waals surface area (Å²) in [6.07, 6.45) is 4.76. The van der Waals surface area contributed by atoms with Crippen molar-refractivity contribution in [2.24, 2.45) is 5.73 Å². The topological polar surface area (TPSA) is 47.7 Å². The van der Waals surface area contributed by atoms with Gasteiger partial charge in [0.15, 0.2) is 0 Å². The molecule has 0 bridgehead atoms. The maximum atomic E-state index is 6.15. The molecule has 2 aliphatic rings. The standard InChI is InChI=1S/C20H31BN2O2/c1-19(2)20(3,4)25-21(24-19)18(14-22)13-16-8-7-9-17(12-16)15-23-10-5-6-11-23/h7-9,12-13H,5-6,10-11,14-15,22H2,1-4H3. The molecule has 2 N–H and O–H groups in total. The van der Waals surface area contributed by atoms with Crippen LogP contribution in [0.2, 0.25) is 0 Å². The Morgan fingerprint density at radius 3 is 2.40 bits per heavy atom. The van der Waals surface area contributed by atoms with Gasteiger partial charge in [0.05, 0.1) is 11.2 Å². The zero-order valence-corrected chi connectivity index (χ0v) is 16.0. The van der Waals surface area contributed by atoms with Crippen molar-refractivity contribution in [2.75, 3.05) is 19.6 Å². The van der Waals surface area contributed by atoms with Gasteiger partial charge >= 0.3 is 7.12 Å². The van der Waals surface area contributed by atoms with Crippen molar-refractivity contribution in [3.63, 3.8) is 0 Å². The molecule has 25 heavy (non-hydrogen) atoms. The maximum absolute atomic E-state index is 6.15. The molecular formula is C20H31BN2O2. The van der Waals surface area contributed by atoms with Crippen LogP contribution in [0.3, 0.4) is 0 Å². The van der Waals surface area contributed by atoms with Gasteiger partial charge in [0.25, 0.3) is 0 Å². The second-order valence-corrected chi connectivity index (χ2v) is 8.24. The molecule has 2 aliphatic heterocycles. The van der Waals surface area contributed by atoms with Gasteiger partial charge in [0.2, 0.25) is 0 Å². The summed E-state index contributed by atoms with van der Waals surface area (Å²) in [4.78, 5) is 2.51. The van der Waals surface area contributed by atoms with Crippen molar-refractivity contribution in [2.45, 2.75) is 58.3 Å². The van der Waals surface area contributed by atoms with Crippen molar-refractivity contribution in [1.29, 1.82) is 0 Å². The fourth-order valence-corrected chi connectivity index (χ4v) is 3.41. The highest BCUT2D eigenvalue weighted by Crippen LogP contribution is 2.38. The average Bonchev–Trinajstić information content (AvgIpc) is 3.11. The maximum Gasteiger partial charge on any atom is 0.491 e. The minimum Gasteiger partial charge on any atom is -0.400 e. The van der Waals surface area contributed by atoms with Crippen LogP contribution in [0.25, 0.3) is 6.08 Å². The van der Waals surface area contributed by atoms with Crippen LogP contribution in [-0.4, -0.2) is 42.9 Å². The van der Waals surface area contributed by atoms with E-state index in [0.29, 0.717) is 6.54 Å². The predicted octanol–water partition coefficient (Wildman–Crippen LogP) is 3.26. The normalized spacial score (nSPS) is 23.4. The summed E-state index contributed by atoms with van der Waals surface area (Å²) in [6.45, 7) is 12.1. The van der Waals surface area contributed by atoms with Gasteiger partial charge in [0, 0.05) is 13.1 Å². The monoisotopic (exact) mass is 342 g/mol. The molecule has 0 radical (unpaired) electrons. The first-order valence-corrected chi connectivity index (χ1v) is 9.38. The lowest BCUT2D eigenvalue weighted by atomic mass is 9.77. The molecule has 0 aliphatic carbocycles. The minimum absolute atomic E-state index is 0.344. The Bertz CT molecular complexity index is 620. The summed E-state index contributed by atoms with van der Waals surface area (Å²) in [5.74, 6) is 0. The van der Waals surface area contributed by atoms with Gasteiger partial charge in [-0.15, -0.1) is 0 Å². The Labute approximate surface area is 152 Å². The molecule has 0 amide bonds. The lowest BCUT2D eigenvalue weighted by molar-refractivity contribution is 0.00578. The Morgan fingerprint density at radius 2 is 1.80 bits per heavy atom. The molecule has 5 heteroatoms. The minimum atomic E-state index is -0.378. The third kappa shape index (κ3) is 4.17. The second kappa shape index (κ2) is 7.24. The summed E-state index contributed by atoms with van der Waals surface area (Å²) in [6, 6.07) is 8.69. The van der Waals surface area contributed by atoms with Crippen LogP contribution in [0.15, 0.2) is 29.7 Å². The second-order valence-electron chi connectivity index (χ2n) is 8.24. The van der Waals surface area contributed by atoms with E-state index in [9.17, 15) is 0 Å². The zero-order valence-electron chi connectivity index (χ0n) is 16.0. The van der Waals surface area contributed by atoms with E-state index in [-0.39, 0.29) is 18.3 Å². The largest absolute Gasteiger partial charge is 0.491 e. The molecule has 0 saturated carbocycles. The van der Waals surface area contributed by atoms with E-state index >= 15 is 0 Å². The van der Waals surface area contributed by atoms with E-state index < -0.39 is 0 Å². The van der Waals surface area contributed by atoms with E-state index in [1.807, 2.05) is 0 Å². The van der Waals surface area contributed by atoms with Gasteiger partial charge in [-0.3, -0.25) is 4.90 Å². The summed E-state index contributed by atoms with van der Waals surface area (Å²) < 4.78 is 12.3. The van der Waals surface area contributed by atoms with Crippen molar-refractivity contribution in [3.05, 3.63) is 40.9 Å². The fraction of sp³-hybridized carbons (Fsp3) is 0.600. The summed E-state index contributed by atoms with van der Waals surface area (Å²) >= 11 is 0. The quantitative estimate of drug-likeness (QED) is 0.835. The first-order chi connectivity index (χ1) is 11.8.